The number of methoxy groups -OCH3 is 1. The van der Waals surface area contributed by atoms with Gasteiger partial charge in [0.25, 0.3) is 0 Å². The van der Waals surface area contributed by atoms with Gasteiger partial charge in [0, 0.05) is 19.3 Å². The number of alkyl halides is 3. The van der Waals surface area contributed by atoms with Gasteiger partial charge in [-0.2, -0.15) is 13.2 Å². The Morgan fingerprint density at radius 3 is 2.06 bits per heavy atom. The number of carbonyl (C=O) groups excluding carboxylic acids is 3. The molecule has 2 aromatic rings. The van der Waals surface area contributed by atoms with Crippen LogP contribution in [0.2, 0.25) is 0 Å². The third kappa shape index (κ3) is 7.40. The van der Waals surface area contributed by atoms with Crippen LogP contribution in [0, 0.1) is 0 Å². The van der Waals surface area contributed by atoms with Gasteiger partial charge >= 0.3 is 12.1 Å². The van der Waals surface area contributed by atoms with Crippen molar-refractivity contribution in [1.82, 2.24) is 10.6 Å². The number of hydrogen-bond acceptors (Lipinski definition) is 4. The zero-order valence-corrected chi connectivity index (χ0v) is 17.7. The third-order valence-electron chi connectivity index (χ3n) is 4.82. The summed E-state index contributed by atoms with van der Waals surface area (Å²) in [7, 11) is 1.08. The van der Waals surface area contributed by atoms with Crippen LogP contribution in [0.15, 0.2) is 54.6 Å². The summed E-state index contributed by atoms with van der Waals surface area (Å²) in [6, 6.07) is 12.5. The predicted molar refractivity (Wildman–Crippen MR) is 111 cm³/mol. The smallest absolute Gasteiger partial charge is 0.416 e. The Balaban J connectivity index is 1.96. The molecule has 32 heavy (non-hydrogen) atoms. The first-order valence-corrected chi connectivity index (χ1v) is 9.98. The van der Waals surface area contributed by atoms with Crippen molar-refractivity contribution >= 4 is 17.8 Å². The van der Waals surface area contributed by atoms with Crippen molar-refractivity contribution in [3.8, 4) is 0 Å². The molecule has 2 aromatic carbocycles. The molecule has 9 heteroatoms. The van der Waals surface area contributed by atoms with E-state index < -0.39 is 36.1 Å². The lowest BCUT2D eigenvalue weighted by molar-refractivity contribution is -0.145. The van der Waals surface area contributed by atoms with E-state index in [-0.39, 0.29) is 30.4 Å². The van der Waals surface area contributed by atoms with Crippen LogP contribution in [0.25, 0.3) is 0 Å². The summed E-state index contributed by atoms with van der Waals surface area (Å²) in [5.41, 5.74) is -0.137. The molecule has 0 heterocycles. The molecular weight excluding hydrogens is 425 g/mol. The van der Waals surface area contributed by atoms with Crippen LogP contribution in [0.5, 0.6) is 0 Å². The third-order valence-corrected chi connectivity index (χ3v) is 4.82. The van der Waals surface area contributed by atoms with Gasteiger partial charge in [0.2, 0.25) is 11.8 Å². The first-order chi connectivity index (χ1) is 15.1. The van der Waals surface area contributed by atoms with E-state index in [1.807, 2.05) is 30.3 Å². The van der Waals surface area contributed by atoms with E-state index in [1.165, 1.54) is 18.2 Å². The Morgan fingerprint density at radius 2 is 1.47 bits per heavy atom. The Kier molecular flexibility index (Phi) is 8.80. The minimum atomic E-state index is -4.60. The summed E-state index contributed by atoms with van der Waals surface area (Å²) >= 11 is 0. The molecule has 0 aromatic heterocycles. The molecule has 2 rings (SSSR count). The van der Waals surface area contributed by atoms with E-state index >= 15 is 0 Å². The van der Waals surface area contributed by atoms with Crippen LogP contribution in [0.1, 0.15) is 42.5 Å². The van der Waals surface area contributed by atoms with Crippen molar-refractivity contribution < 1.29 is 32.3 Å². The van der Waals surface area contributed by atoms with E-state index in [0.717, 1.165) is 18.7 Å². The van der Waals surface area contributed by atoms with E-state index in [2.05, 4.69) is 15.4 Å². The zero-order valence-electron chi connectivity index (χ0n) is 17.7. The number of nitrogens with one attached hydrogen (secondary N) is 2. The molecule has 2 amide bonds. The van der Waals surface area contributed by atoms with Gasteiger partial charge in [0.1, 0.15) is 6.04 Å². The lowest BCUT2D eigenvalue weighted by Gasteiger charge is -2.19. The van der Waals surface area contributed by atoms with Crippen molar-refractivity contribution in [1.29, 1.82) is 0 Å². The molecule has 0 aliphatic heterocycles. The SMILES string of the molecule is COC(=O)[C@@H](Cc1ccccc1C(F)(F)F)NC(=O)CCC(=O)N[C@H](C)c1ccccc1. The number of halogens is 3. The van der Waals surface area contributed by atoms with Crippen LogP contribution in [-0.4, -0.2) is 30.9 Å². The quantitative estimate of drug-likeness (QED) is 0.572. The summed E-state index contributed by atoms with van der Waals surface area (Å²) in [5.74, 6) is -1.89. The van der Waals surface area contributed by atoms with E-state index in [1.54, 1.807) is 6.92 Å². The largest absolute Gasteiger partial charge is 0.467 e. The molecule has 6 nitrogen and oxygen atoms in total. The fourth-order valence-electron chi connectivity index (χ4n) is 3.16. The summed E-state index contributed by atoms with van der Waals surface area (Å²) in [6.45, 7) is 1.80. The lowest BCUT2D eigenvalue weighted by atomic mass is 9.99. The van der Waals surface area contributed by atoms with Gasteiger partial charge in [0.05, 0.1) is 18.7 Å². The summed E-state index contributed by atoms with van der Waals surface area (Å²) in [4.78, 5) is 36.5. The highest BCUT2D eigenvalue weighted by molar-refractivity contribution is 5.87. The van der Waals surface area contributed by atoms with Crippen LogP contribution in [0.3, 0.4) is 0 Å². The van der Waals surface area contributed by atoms with Gasteiger partial charge in [0.15, 0.2) is 0 Å². The van der Waals surface area contributed by atoms with Gasteiger partial charge in [-0.3, -0.25) is 9.59 Å². The summed E-state index contributed by atoms with van der Waals surface area (Å²) in [5, 5.41) is 5.14. The molecule has 0 spiro atoms. The standard InChI is InChI=1S/C23H25F3N2O4/c1-15(16-8-4-3-5-9-16)27-20(29)12-13-21(30)28-19(22(31)32-2)14-17-10-6-7-11-18(17)23(24,25)26/h3-11,15,19H,12-14H2,1-2H3,(H,27,29)(H,28,30)/t15-,19-/m1/s1. The van der Waals surface area contributed by atoms with Crippen molar-refractivity contribution in [2.45, 2.75) is 44.4 Å². The fourth-order valence-corrected chi connectivity index (χ4v) is 3.16. The number of carbonyl (C=O) groups is 3. The van der Waals surface area contributed by atoms with Gasteiger partial charge in [-0.1, -0.05) is 48.5 Å². The molecule has 0 radical (unpaired) electrons. The number of esters is 1. The molecule has 0 fully saturated rings. The monoisotopic (exact) mass is 450 g/mol. The van der Waals surface area contributed by atoms with Crippen LogP contribution >= 0.6 is 0 Å². The van der Waals surface area contributed by atoms with Crippen molar-refractivity contribution in [2.24, 2.45) is 0 Å². The molecule has 0 saturated carbocycles. The summed E-state index contributed by atoms with van der Waals surface area (Å²) < 4.78 is 44.3. The number of rotatable bonds is 9. The van der Waals surface area contributed by atoms with Crippen molar-refractivity contribution in [2.75, 3.05) is 7.11 Å². The number of hydrogen-bond donors (Lipinski definition) is 2. The second kappa shape index (κ2) is 11.3. The van der Waals surface area contributed by atoms with Crippen molar-refractivity contribution in [3.63, 3.8) is 0 Å². The highest BCUT2D eigenvalue weighted by Crippen LogP contribution is 2.32. The minimum absolute atomic E-state index is 0.143. The molecule has 2 N–H and O–H groups in total. The van der Waals surface area contributed by atoms with Crippen LogP contribution in [0.4, 0.5) is 13.2 Å². The molecule has 2 atom stereocenters. The highest BCUT2D eigenvalue weighted by Gasteiger charge is 2.34. The maximum Gasteiger partial charge on any atom is 0.416 e. The molecule has 0 aliphatic carbocycles. The van der Waals surface area contributed by atoms with Gasteiger partial charge in [-0.15, -0.1) is 0 Å². The predicted octanol–water partition coefficient (Wildman–Crippen LogP) is 3.56. The lowest BCUT2D eigenvalue weighted by Crippen LogP contribution is -2.43. The normalized spacial score (nSPS) is 13.0. The van der Waals surface area contributed by atoms with Gasteiger partial charge in [-0.05, 0) is 24.1 Å². The molecule has 0 aliphatic rings. The Morgan fingerprint density at radius 1 is 0.906 bits per heavy atom. The van der Waals surface area contributed by atoms with Crippen LogP contribution < -0.4 is 10.6 Å². The number of benzene rings is 2. The van der Waals surface area contributed by atoms with Crippen molar-refractivity contribution in [3.05, 3.63) is 71.3 Å². The highest BCUT2D eigenvalue weighted by atomic mass is 19.4. The topological polar surface area (TPSA) is 84.5 Å². The Bertz CT molecular complexity index is 932. The molecule has 0 unspecified atom stereocenters. The Hall–Kier alpha value is -3.36. The van der Waals surface area contributed by atoms with E-state index in [0.29, 0.717) is 0 Å². The molecule has 0 bridgehead atoms. The number of amides is 2. The molecular formula is C23H25F3N2O4. The van der Waals surface area contributed by atoms with Gasteiger partial charge < -0.3 is 15.4 Å². The second-order valence-corrected chi connectivity index (χ2v) is 7.20. The van der Waals surface area contributed by atoms with E-state index in [9.17, 15) is 27.6 Å². The maximum absolute atomic E-state index is 13.2. The van der Waals surface area contributed by atoms with E-state index in [4.69, 9.17) is 0 Å². The average Bonchev–Trinajstić information content (AvgIpc) is 2.77. The molecule has 0 saturated heterocycles. The maximum atomic E-state index is 13.2. The minimum Gasteiger partial charge on any atom is -0.467 e. The number of ether oxygens (including phenoxy) is 1. The zero-order chi connectivity index (χ0) is 23.7. The fraction of sp³-hybridized carbons (Fsp3) is 0.348. The van der Waals surface area contributed by atoms with Crippen LogP contribution in [-0.2, 0) is 31.7 Å². The summed E-state index contributed by atoms with van der Waals surface area (Å²) in [6.07, 6.45) is -5.38. The first-order valence-electron chi connectivity index (χ1n) is 9.98. The van der Waals surface area contributed by atoms with Gasteiger partial charge in [-0.25, -0.2) is 4.79 Å². The average molecular weight is 450 g/mol. The Labute approximate surface area is 184 Å². The molecule has 172 valence electrons. The first kappa shape index (κ1) is 24.9. The second-order valence-electron chi connectivity index (χ2n) is 7.20.